The summed E-state index contributed by atoms with van der Waals surface area (Å²) in [7, 11) is 1.86. The molecule has 0 amide bonds. The lowest BCUT2D eigenvalue weighted by Gasteiger charge is -2.16. The van der Waals surface area contributed by atoms with Crippen LogP contribution in [0.4, 0.5) is 8.78 Å². The summed E-state index contributed by atoms with van der Waals surface area (Å²) in [5, 5.41) is 6.75. The summed E-state index contributed by atoms with van der Waals surface area (Å²) >= 11 is 0. The van der Waals surface area contributed by atoms with Crippen LogP contribution in [0.5, 0.6) is 5.75 Å². The highest BCUT2D eigenvalue weighted by molar-refractivity contribution is 6.05. The molecule has 0 aliphatic carbocycles. The number of hydrogen-bond acceptors (Lipinski definition) is 5. The van der Waals surface area contributed by atoms with E-state index in [1.165, 1.54) is 12.1 Å². The maximum Gasteiger partial charge on any atom is 0.355 e. The second kappa shape index (κ2) is 13.2. The van der Waals surface area contributed by atoms with Gasteiger partial charge in [0.05, 0.1) is 37.6 Å². The molecule has 48 heavy (non-hydrogen) atoms. The SMILES string of the molecule is CCOC(=O)c1c(CCCOc2ccc(F)c3ccccc23)c2ccc(F)c3c2n1Cc1ccccc1COCc1nn(C)c(CC)c1-3. The monoisotopic (exact) mass is 649 g/mol. The van der Waals surface area contributed by atoms with E-state index >= 15 is 4.39 Å². The van der Waals surface area contributed by atoms with Gasteiger partial charge in [0.15, 0.2) is 0 Å². The van der Waals surface area contributed by atoms with Gasteiger partial charge in [0, 0.05) is 46.6 Å². The van der Waals surface area contributed by atoms with E-state index in [0.717, 1.165) is 27.8 Å². The molecule has 7 nitrogen and oxygen atoms in total. The Bertz CT molecular complexity index is 2170. The molecule has 0 N–H and O–H groups in total. The van der Waals surface area contributed by atoms with E-state index in [1.807, 2.05) is 54.9 Å². The van der Waals surface area contributed by atoms with Gasteiger partial charge in [-0.2, -0.15) is 5.10 Å². The van der Waals surface area contributed by atoms with Gasteiger partial charge >= 0.3 is 5.97 Å². The van der Waals surface area contributed by atoms with E-state index in [4.69, 9.17) is 19.3 Å². The van der Waals surface area contributed by atoms with Crippen molar-refractivity contribution >= 4 is 27.6 Å². The van der Waals surface area contributed by atoms with Crippen molar-refractivity contribution in [2.75, 3.05) is 13.2 Å². The number of fused-ring (bicyclic) bond motifs is 4. The number of carbonyl (C=O) groups is 1. The standard InChI is InChI=1S/C39H37F2N3O4/c1-4-33-36-32(42-43(33)3)23-46-22-25-12-7-6-11-24(25)21-44-37-29(16-17-31(41)35(36)37)28(38(44)39(45)47-5-2)15-10-20-48-34-19-18-30(40)26-13-8-9-14-27(26)34/h6-9,11-14,16-19H,4-5,10,15,20-23H2,1-3H3. The summed E-state index contributed by atoms with van der Waals surface area (Å²) in [5.74, 6) is -0.574. The third-order valence-corrected chi connectivity index (χ3v) is 9.17. The summed E-state index contributed by atoms with van der Waals surface area (Å²) in [6, 6.07) is 21.5. The lowest BCUT2D eigenvalue weighted by Crippen LogP contribution is -2.16. The molecule has 246 valence electrons. The number of rotatable bonds is 8. The number of ether oxygens (including phenoxy) is 3. The molecule has 3 heterocycles. The average Bonchev–Trinajstić information content (AvgIpc) is 3.56. The molecule has 1 aliphatic heterocycles. The van der Waals surface area contributed by atoms with E-state index < -0.39 is 11.8 Å². The van der Waals surface area contributed by atoms with E-state index in [2.05, 4.69) is 0 Å². The van der Waals surface area contributed by atoms with Crippen molar-refractivity contribution in [1.82, 2.24) is 14.3 Å². The molecule has 6 aromatic rings. The predicted molar refractivity (Wildman–Crippen MR) is 181 cm³/mol. The molecular weight excluding hydrogens is 612 g/mol. The lowest BCUT2D eigenvalue weighted by molar-refractivity contribution is 0.0513. The zero-order valence-electron chi connectivity index (χ0n) is 27.3. The zero-order valence-corrected chi connectivity index (χ0v) is 27.3. The third kappa shape index (κ3) is 5.52. The summed E-state index contributed by atoms with van der Waals surface area (Å²) in [6.07, 6.45) is 1.64. The molecule has 1 aliphatic rings. The van der Waals surface area contributed by atoms with Crippen LogP contribution < -0.4 is 4.74 Å². The normalized spacial score (nSPS) is 12.9. The molecule has 9 heteroatoms. The number of esters is 1. The summed E-state index contributed by atoms with van der Waals surface area (Å²) < 4.78 is 52.6. The molecule has 0 fully saturated rings. The van der Waals surface area contributed by atoms with E-state index in [-0.39, 0.29) is 19.0 Å². The molecule has 0 unspecified atom stereocenters. The van der Waals surface area contributed by atoms with Crippen LogP contribution in [0, 0.1) is 11.6 Å². The number of aromatic nitrogens is 3. The Morgan fingerprint density at radius 3 is 2.42 bits per heavy atom. The Hall–Kier alpha value is -5.02. The summed E-state index contributed by atoms with van der Waals surface area (Å²) in [4.78, 5) is 13.9. The highest BCUT2D eigenvalue weighted by Gasteiger charge is 2.31. The fourth-order valence-electron chi connectivity index (χ4n) is 7.06. The highest BCUT2D eigenvalue weighted by atomic mass is 19.1. The van der Waals surface area contributed by atoms with Gasteiger partial charge < -0.3 is 18.8 Å². The Morgan fingerprint density at radius 2 is 1.62 bits per heavy atom. The minimum atomic E-state index is -0.466. The fourth-order valence-corrected chi connectivity index (χ4v) is 7.06. The third-order valence-electron chi connectivity index (χ3n) is 9.17. The Kier molecular flexibility index (Phi) is 8.71. The van der Waals surface area contributed by atoms with Crippen LogP contribution in [0.3, 0.4) is 0 Å². The molecule has 0 saturated carbocycles. The molecule has 0 atom stereocenters. The molecular formula is C39H37F2N3O4. The molecule has 0 saturated heterocycles. The first kappa shape index (κ1) is 31.6. The minimum Gasteiger partial charge on any atom is -0.493 e. The van der Waals surface area contributed by atoms with Crippen LogP contribution in [0.25, 0.3) is 32.8 Å². The molecule has 0 bridgehead atoms. The van der Waals surface area contributed by atoms with E-state index in [1.54, 1.807) is 35.9 Å². The first-order valence-electron chi connectivity index (χ1n) is 16.4. The van der Waals surface area contributed by atoms with Gasteiger partial charge in [-0.05, 0) is 67.1 Å². The second-order valence-electron chi connectivity index (χ2n) is 12.0. The summed E-state index contributed by atoms with van der Waals surface area (Å²) in [5.41, 5.74) is 6.35. The largest absolute Gasteiger partial charge is 0.493 e. The van der Waals surface area contributed by atoms with Crippen molar-refractivity contribution in [3.8, 4) is 16.9 Å². The van der Waals surface area contributed by atoms with Crippen LogP contribution >= 0.6 is 0 Å². The topological polar surface area (TPSA) is 67.5 Å². The van der Waals surface area contributed by atoms with Crippen molar-refractivity contribution in [3.05, 3.63) is 118 Å². The van der Waals surface area contributed by atoms with Crippen LogP contribution in [-0.2, 0) is 49.1 Å². The maximum atomic E-state index is 16.4. The van der Waals surface area contributed by atoms with Crippen molar-refractivity contribution in [3.63, 3.8) is 0 Å². The number of nitrogens with zero attached hydrogens (tertiary/aromatic N) is 3. The van der Waals surface area contributed by atoms with Crippen LogP contribution in [-0.4, -0.2) is 33.5 Å². The van der Waals surface area contributed by atoms with Crippen molar-refractivity contribution in [2.24, 2.45) is 7.05 Å². The zero-order chi connectivity index (χ0) is 33.4. The van der Waals surface area contributed by atoms with Crippen LogP contribution in [0.15, 0.2) is 72.8 Å². The van der Waals surface area contributed by atoms with Gasteiger partial charge in [-0.25, -0.2) is 13.6 Å². The quantitative estimate of drug-likeness (QED) is 0.123. The molecule has 4 aromatic carbocycles. The number of halogens is 2. The van der Waals surface area contributed by atoms with Crippen molar-refractivity contribution in [1.29, 1.82) is 0 Å². The van der Waals surface area contributed by atoms with Crippen molar-refractivity contribution < 1.29 is 27.8 Å². The Labute approximate surface area is 277 Å². The number of hydrogen-bond donors (Lipinski definition) is 0. The summed E-state index contributed by atoms with van der Waals surface area (Å²) in [6.45, 7) is 5.19. The van der Waals surface area contributed by atoms with Gasteiger partial charge in [-0.15, -0.1) is 0 Å². The Morgan fingerprint density at radius 1 is 0.875 bits per heavy atom. The second-order valence-corrected chi connectivity index (χ2v) is 12.0. The first-order chi connectivity index (χ1) is 23.4. The molecule has 7 rings (SSSR count). The molecule has 0 radical (unpaired) electrons. The van der Waals surface area contributed by atoms with Gasteiger partial charge in [-0.3, -0.25) is 4.68 Å². The lowest BCUT2D eigenvalue weighted by atomic mass is 9.96. The Balaban J connectivity index is 1.39. The number of carbonyl (C=O) groups excluding carboxylic acids is 1. The smallest absolute Gasteiger partial charge is 0.355 e. The van der Waals surface area contributed by atoms with Gasteiger partial charge in [0.1, 0.15) is 23.1 Å². The molecule has 2 aromatic heterocycles. The first-order valence-corrected chi connectivity index (χ1v) is 16.4. The number of aryl methyl sites for hydroxylation is 2. The van der Waals surface area contributed by atoms with Crippen LogP contribution in [0.2, 0.25) is 0 Å². The maximum absolute atomic E-state index is 16.4. The minimum absolute atomic E-state index is 0.193. The highest BCUT2D eigenvalue weighted by Crippen LogP contribution is 2.41. The predicted octanol–water partition coefficient (Wildman–Crippen LogP) is 8.30. The van der Waals surface area contributed by atoms with E-state index in [0.29, 0.717) is 83.6 Å². The van der Waals surface area contributed by atoms with Crippen molar-refractivity contribution in [2.45, 2.75) is 52.9 Å². The molecule has 0 spiro atoms. The van der Waals surface area contributed by atoms with Gasteiger partial charge in [-0.1, -0.05) is 55.5 Å². The average molecular weight is 650 g/mol. The van der Waals surface area contributed by atoms with Crippen LogP contribution in [0.1, 0.15) is 58.8 Å². The van der Waals surface area contributed by atoms with Gasteiger partial charge in [0.2, 0.25) is 0 Å². The van der Waals surface area contributed by atoms with Gasteiger partial charge in [0.25, 0.3) is 0 Å². The fraction of sp³-hybridized carbons (Fsp3) is 0.282. The number of benzene rings is 4. The van der Waals surface area contributed by atoms with E-state index in [9.17, 15) is 9.18 Å².